The molecule has 166 valence electrons. The number of hydrogen-bond donors (Lipinski definition) is 0. The van der Waals surface area contributed by atoms with Gasteiger partial charge in [-0.3, -0.25) is 14.0 Å². The number of rotatable bonds is 8. The lowest BCUT2D eigenvalue weighted by Crippen LogP contribution is -2.31. The van der Waals surface area contributed by atoms with Crippen LogP contribution in [0.1, 0.15) is 24.0 Å². The van der Waals surface area contributed by atoms with E-state index >= 15 is 0 Å². The Bertz CT molecular complexity index is 1110. The predicted molar refractivity (Wildman–Crippen MR) is 121 cm³/mol. The molecule has 0 spiro atoms. The summed E-state index contributed by atoms with van der Waals surface area (Å²) < 4.78 is 20.4. The molecule has 0 aliphatic carbocycles. The molecule has 1 saturated heterocycles. The summed E-state index contributed by atoms with van der Waals surface area (Å²) in [5.74, 6) is 1.50. The van der Waals surface area contributed by atoms with E-state index in [0.29, 0.717) is 6.54 Å². The molecule has 7 nitrogen and oxygen atoms in total. The average molecular weight is 426 g/mol. The van der Waals surface area contributed by atoms with Crippen molar-refractivity contribution in [3.05, 3.63) is 58.0 Å². The standard InChI is InChI=1S/C24H31N3O4/c1-25-20-11-10-17(13-21(20)26(2)24(25)28)14-27(16-19-8-6-12-31-19)15-18-7-5-9-22(29-3)23(18)30-4/h5,7,9-11,13,19H,6,8,12,14-16H2,1-4H3/t19-/m0/s1. The number of nitrogens with zero attached hydrogens (tertiary/aromatic N) is 3. The van der Waals surface area contributed by atoms with Crippen LogP contribution in [-0.4, -0.2) is 47.5 Å². The van der Waals surface area contributed by atoms with E-state index in [-0.39, 0.29) is 11.8 Å². The maximum atomic E-state index is 12.3. The van der Waals surface area contributed by atoms with Crippen molar-refractivity contribution in [1.82, 2.24) is 14.0 Å². The lowest BCUT2D eigenvalue weighted by atomic mass is 10.1. The van der Waals surface area contributed by atoms with Crippen molar-refractivity contribution in [2.24, 2.45) is 14.1 Å². The molecular formula is C24H31N3O4. The van der Waals surface area contributed by atoms with Gasteiger partial charge in [0.1, 0.15) is 0 Å². The second kappa shape index (κ2) is 9.16. The fourth-order valence-electron chi connectivity index (χ4n) is 4.49. The van der Waals surface area contributed by atoms with Crippen LogP contribution in [0.4, 0.5) is 0 Å². The summed E-state index contributed by atoms with van der Waals surface area (Å²) in [7, 11) is 6.96. The largest absolute Gasteiger partial charge is 0.493 e. The normalized spacial score (nSPS) is 16.4. The van der Waals surface area contributed by atoms with E-state index in [9.17, 15) is 4.79 Å². The Kier molecular flexibility index (Phi) is 6.34. The quantitative estimate of drug-likeness (QED) is 0.555. The Hall–Kier alpha value is -2.77. The minimum atomic E-state index is -0.00974. The van der Waals surface area contributed by atoms with Crippen LogP contribution in [-0.2, 0) is 31.9 Å². The van der Waals surface area contributed by atoms with Crippen LogP contribution < -0.4 is 15.2 Å². The van der Waals surface area contributed by atoms with Gasteiger partial charge in [-0.05, 0) is 36.6 Å². The summed E-state index contributed by atoms with van der Waals surface area (Å²) in [6.45, 7) is 3.14. The van der Waals surface area contributed by atoms with Crippen molar-refractivity contribution in [3.63, 3.8) is 0 Å². The first-order valence-corrected chi connectivity index (χ1v) is 10.7. The van der Waals surface area contributed by atoms with E-state index in [0.717, 1.165) is 66.2 Å². The van der Waals surface area contributed by atoms with Gasteiger partial charge in [-0.15, -0.1) is 0 Å². The smallest absolute Gasteiger partial charge is 0.328 e. The summed E-state index contributed by atoms with van der Waals surface area (Å²) in [4.78, 5) is 14.7. The number of imidazole rings is 1. The summed E-state index contributed by atoms with van der Waals surface area (Å²) in [6, 6.07) is 12.2. The average Bonchev–Trinajstić information content (AvgIpc) is 3.36. The van der Waals surface area contributed by atoms with E-state index in [2.05, 4.69) is 23.1 Å². The molecule has 0 bridgehead atoms. The third kappa shape index (κ3) is 4.34. The monoisotopic (exact) mass is 425 g/mol. The highest BCUT2D eigenvalue weighted by atomic mass is 16.5. The maximum Gasteiger partial charge on any atom is 0.328 e. The van der Waals surface area contributed by atoms with Crippen molar-refractivity contribution in [2.75, 3.05) is 27.4 Å². The lowest BCUT2D eigenvalue weighted by Gasteiger charge is -2.26. The van der Waals surface area contributed by atoms with Gasteiger partial charge < -0.3 is 14.2 Å². The predicted octanol–water partition coefficient (Wildman–Crippen LogP) is 3.08. The van der Waals surface area contributed by atoms with Gasteiger partial charge in [-0.2, -0.15) is 0 Å². The first-order chi connectivity index (χ1) is 15.0. The highest BCUT2D eigenvalue weighted by Crippen LogP contribution is 2.32. The zero-order chi connectivity index (χ0) is 22.0. The van der Waals surface area contributed by atoms with Crippen molar-refractivity contribution in [1.29, 1.82) is 0 Å². The van der Waals surface area contributed by atoms with Crippen LogP contribution in [0.15, 0.2) is 41.2 Å². The van der Waals surface area contributed by atoms with Gasteiger partial charge in [0.2, 0.25) is 0 Å². The number of fused-ring (bicyclic) bond motifs is 1. The topological polar surface area (TPSA) is 57.9 Å². The van der Waals surface area contributed by atoms with Gasteiger partial charge in [0.15, 0.2) is 11.5 Å². The highest BCUT2D eigenvalue weighted by Gasteiger charge is 2.22. The van der Waals surface area contributed by atoms with E-state index in [1.165, 1.54) is 0 Å². The lowest BCUT2D eigenvalue weighted by molar-refractivity contribution is 0.0676. The fourth-order valence-corrected chi connectivity index (χ4v) is 4.49. The molecule has 1 aliphatic heterocycles. The zero-order valence-corrected chi connectivity index (χ0v) is 18.8. The molecule has 7 heteroatoms. The molecule has 4 rings (SSSR count). The van der Waals surface area contributed by atoms with E-state index in [4.69, 9.17) is 14.2 Å². The number of hydrogen-bond acceptors (Lipinski definition) is 5. The molecule has 1 atom stereocenters. The SMILES string of the molecule is COc1cccc(CN(Cc2ccc3c(c2)n(C)c(=O)n3C)C[C@@H]2CCCO2)c1OC. The molecule has 2 aromatic carbocycles. The maximum absolute atomic E-state index is 12.3. The molecule has 0 unspecified atom stereocenters. The van der Waals surface area contributed by atoms with Gasteiger partial charge in [-0.1, -0.05) is 18.2 Å². The van der Waals surface area contributed by atoms with Gasteiger partial charge in [0.05, 0.1) is 31.4 Å². The summed E-state index contributed by atoms with van der Waals surface area (Å²) in [6.07, 6.45) is 2.43. The fraction of sp³-hybridized carbons (Fsp3) is 0.458. The van der Waals surface area contributed by atoms with Gasteiger partial charge >= 0.3 is 5.69 Å². The Morgan fingerprint density at radius 3 is 2.58 bits per heavy atom. The third-order valence-electron chi connectivity index (χ3n) is 6.11. The second-order valence-corrected chi connectivity index (χ2v) is 8.18. The molecule has 3 aromatic rings. The van der Waals surface area contributed by atoms with Crippen LogP contribution in [0.5, 0.6) is 11.5 Å². The number of benzene rings is 2. The molecule has 2 heterocycles. The van der Waals surface area contributed by atoms with Crippen LogP contribution in [0.3, 0.4) is 0 Å². The molecular weight excluding hydrogens is 394 g/mol. The van der Waals surface area contributed by atoms with Crippen molar-refractivity contribution in [3.8, 4) is 11.5 Å². The molecule has 0 amide bonds. The molecule has 1 aliphatic rings. The van der Waals surface area contributed by atoms with E-state index in [1.807, 2.05) is 32.3 Å². The molecule has 0 radical (unpaired) electrons. The van der Waals surface area contributed by atoms with Gasteiger partial charge in [-0.25, -0.2) is 4.79 Å². The van der Waals surface area contributed by atoms with Crippen molar-refractivity contribution in [2.45, 2.75) is 32.0 Å². The minimum Gasteiger partial charge on any atom is -0.493 e. The second-order valence-electron chi connectivity index (χ2n) is 8.18. The first-order valence-electron chi connectivity index (χ1n) is 10.7. The minimum absolute atomic E-state index is 0.00974. The number of aryl methyl sites for hydroxylation is 2. The number of ether oxygens (including phenoxy) is 3. The molecule has 31 heavy (non-hydrogen) atoms. The summed E-state index contributed by atoms with van der Waals surface area (Å²) >= 11 is 0. The van der Waals surface area contributed by atoms with E-state index < -0.39 is 0 Å². The van der Waals surface area contributed by atoms with Crippen LogP contribution in [0, 0.1) is 0 Å². The van der Waals surface area contributed by atoms with Crippen LogP contribution in [0.2, 0.25) is 0 Å². The Morgan fingerprint density at radius 2 is 1.87 bits per heavy atom. The third-order valence-corrected chi connectivity index (χ3v) is 6.11. The Balaban J connectivity index is 1.63. The summed E-state index contributed by atoms with van der Waals surface area (Å²) in [5.41, 5.74) is 4.11. The zero-order valence-electron chi connectivity index (χ0n) is 18.8. The van der Waals surface area contributed by atoms with Gasteiger partial charge in [0.25, 0.3) is 0 Å². The number of aromatic nitrogens is 2. The Labute approximate surface area is 182 Å². The first kappa shape index (κ1) is 21.5. The van der Waals surface area contributed by atoms with Crippen molar-refractivity contribution < 1.29 is 14.2 Å². The van der Waals surface area contributed by atoms with Crippen molar-refractivity contribution >= 4 is 11.0 Å². The van der Waals surface area contributed by atoms with E-state index in [1.54, 1.807) is 23.4 Å². The molecule has 0 N–H and O–H groups in total. The van der Waals surface area contributed by atoms with Crippen LogP contribution in [0.25, 0.3) is 11.0 Å². The number of methoxy groups -OCH3 is 2. The molecule has 0 saturated carbocycles. The molecule has 1 aromatic heterocycles. The Morgan fingerprint density at radius 1 is 1.06 bits per heavy atom. The highest BCUT2D eigenvalue weighted by molar-refractivity contribution is 5.76. The number of para-hydroxylation sites is 1. The van der Waals surface area contributed by atoms with Crippen LogP contribution >= 0.6 is 0 Å². The molecule has 1 fully saturated rings. The van der Waals surface area contributed by atoms with Gasteiger partial charge in [0, 0.05) is 45.9 Å². The summed E-state index contributed by atoms with van der Waals surface area (Å²) in [5, 5.41) is 0.